The highest BCUT2D eigenvalue weighted by molar-refractivity contribution is 14.1. The van der Waals surface area contributed by atoms with E-state index in [9.17, 15) is 9.18 Å². The van der Waals surface area contributed by atoms with Crippen LogP contribution in [0.1, 0.15) is 37.2 Å². The number of methoxy groups -OCH3 is 1. The van der Waals surface area contributed by atoms with E-state index in [4.69, 9.17) is 4.74 Å². The first-order chi connectivity index (χ1) is 11.2. The highest BCUT2D eigenvalue weighted by Gasteiger charge is 2.50. The quantitative estimate of drug-likeness (QED) is 0.526. The van der Waals surface area contributed by atoms with E-state index in [1.807, 2.05) is 0 Å². The van der Waals surface area contributed by atoms with E-state index in [1.165, 1.54) is 16.2 Å². The fourth-order valence-corrected chi connectivity index (χ4v) is 4.77. The van der Waals surface area contributed by atoms with Gasteiger partial charge in [0.1, 0.15) is 0 Å². The standard InChI is InChI=1S/C18H23FINO2/c1-23-18(22)17-15(12-3-5-13(20)6-4-12)11-14-7-8-16(17)21(14)10-2-9-19/h3-6,14-17H,2,7-11H2,1H3/t14-,15-,16-,17+/m1/s1. The van der Waals surface area contributed by atoms with Gasteiger partial charge in [-0.3, -0.25) is 14.1 Å². The van der Waals surface area contributed by atoms with E-state index in [2.05, 4.69) is 51.8 Å². The van der Waals surface area contributed by atoms with Gasteiger partial charge in [0.25, 0.3) is 0 Å². The molecule has 2 saturated heterocycles. The first kappa shape index (κ1) is 17.1. The molecule has 2 aliphatic rings. The van der Waals surface area contributed by atoms with Crippen molar-refractivity contribution in [2.45, 2.75) is 43.7 Å². The second kappa shape index (κ2) is 7.47. The highest BCUT2D eigenvalue weighted by Crippen LogP contribution is 2.47. The van der Waals surface area contributed by atoms with Crippen molar-refractivity contribution in [1.82, 2.24) is 4.90 Å². The molecule has 3 nitrogen and oxygen atoms in total. The van der Waals surface area contributed by atoms with Crippen molar-refractivity contribution in [2.75, 3.05) is 20.3 Å². The molecule has 0 saturated carbocycles. The number of rotatable bonds is 5. The van der Waals surface area contributed by atoms with Crippen molar-refractivity contribution < 1.29 is 13.9 Å². The third kappa shape index (κ3) is 3.40. The number of halogens is 2. The number of alkyl halides is 1. The summed E-state index contributed by atoms with van der Waals surface area (Å²) in [6, 6.07) is 9.13. The Bertz CT molecular complexity index is 550. The molecule has 2 aliphatic heterocycles. The summed E-state index contributed by atoms with van der Waals surface area (Å²) in [5, 5.41) is 0. The fraction of sp³-hybridized carbons (Fsp3) is 0.611. The lowest BCUT2D eigenvalue weighted by Crippen LogP contribution is -2.51. The fourth-order valence-electron chi connectivity index (χ4n) is 4.41. The van der Waals surface area contributed by atoms with Crippen LogP contribution in [0.3, 0.4) is 0 Å². The number of piperidine rings is 1. The molecule has 2 fully saturated rings. The maximum absolute atomic E-state index is 12.6. The molecule has 23 heavy (non-hydrogen) atoms. The molecule has 0 radical (unpaired) electrons. The Hall–Kier alpha value is -0.690. The monoisotopic (exact) mass is 431 g/mol. The molecule has 0 spiro atoms. The number of benzene rings is 1. The first-order valence-electron chi connectivity index (χ1n) is 8.30. The van der Waals surface area contributed by atoms with Crippen molar-refractivity contribution in [1.29, 1.82) is 0 Å². The zero-order valence-electron chi connectivity index (χ0n) is 13.4. The van der Waals surface area contributed by atoms with E-state index < -0.39 is 0 Å². The zero-order chi connectivity index (χ0) is 16.4. The summed E-state index contributed by atoms with van der Waals surface area (Å²) in [5.41, 5.74) is 1.22. The van der Waals surface area contributed by atoms with Gasteiger partial charge >= 0.3 is 5.97 Å². The number of esters is 1. The third-order valence-corrected chi connectivity index (χ3v) is 6.11. The summed E-state index contributed by atoms with van der Waals surface area (Å²) in [6.45, 7) is 0.456. The number of carbonyl (C=O) groups is 1. The van der Waals surface area contributed by atoms with Crippen LogP contribution in [0.25, 0.3) is 0 Å². The summed E-state index contributed by atoms with van der Waals surface area (Å²) < 4.78 is 18.9. The minimum absolute atomic E-state index is 0.121. The Morgan fingerprint density at radius 3 is 2.74 bits per heavy atom. The van der Waals surface area contributed by atoms with Gasteiger partial charge < -0.3 is 4.74 Å². The van der Waals surface area contributed by atoms with Crippen LogP contribution in [-0.2, 0) is 9.53 Å². The molecule has 5 heteroatoms. The molecule has 2 heterocycles. The van der Waals surface area contributed by atoms with Crippen molar-refractivity contribution in [3.8, 4) is 0 Å². The Labute approximate surface area is 150 Å². The Morgan fingerprint density at radius 1 is 1.35 bits per heavy atom. The molecule has 0 amide bonds. The van der Waals surface area contributed by atoms with E-state index >= 15 is 0 Å². The van der Waals surface area contributed by atoms with Crippen molar-refractivity contribution in [3.05, 3.63) is 33.4 Å². The van der Waals surface area contributed by atoms with Crippen LogP contribution in [-0.4, -0.2) is 43.3 Å². The lowest BCUT2D eigenvalue weighted by Gasteiger charge is -2.43. The molecule has 3 rings (SSSR count). The predicted molar refractivity (Wildman–Crippen MR) is 96.1 cm³/mol. The lowest BCUT2D eigenvalue weighted by molar-refractivity contribution is -0.150. The van der Waals surface area contributed by atoms with Gasteiger partial charge in [-0.05, 0) is 66.0 Å². The van der Waals surface area contributed by atoms with Crippen LogP contribution >= 0.6 is 22.6 Å². The van der Waals surface area contributed by atoms with Crippen LogP contribution < -0.4 is 0 Å². The highest BCUT2D eigenvalue weighted by atomic mass is 127. The second-order valence-electron chi connectivity index (χ2n) is 6.52. The maximum atomic E-state index is 12.6. The molecule has 0 aliphatic carbocycles. The van der Waals surface area contributed by atoms with Crippen LogP contribution in [0.15, 0.2) is 24.3 Å². The van der Waals surface area contributed by atoms with E-state index in [0.29, 0.717) is 12.5 Å². The van der Waals surface area contributed by atoms with Gasteiger partial charge in [-0.15, -0.1) is 0 Å². The number of hydrogen-bond donors (Lipinski definition) is 0. The molecule has 4 atom stereocenters. The largest absolute Gasteiger partial charge is 0.469 e. The van der Waals surface area contributed by atoms with Gasteiger partial charge in [0.15, 0.2) is 0 Å². The third-order valence-electron chi connectivity index (χ3n) is 5.39. The molecule has 126 valence electrons. The van der Waals surface area contributed by atoms with Crippen molar-refractivity contribution in [3.63, 3.8) is 0 Å². The average Bonchev–Trinajstić information content (AvgIpc) is 2.84. The average molecular weight is 431 g/mol. The molecule has 0 aromatic heterocycles. The Morgan fingerprint density at radius 2 is 2.09 bits per heavy atom. The summed E-state index contributed by atoms with van der Waals surface area (Å²) in [7, 11) is 1.47. The number of fused-ring (bicyclic) bond motifs is 2. The van der Waals surface area contributed by atoms with Gasteiger partial charge in [-0.1, -0.05) is 12.1 Å². The molecular formula is C18H23FINO2. The van der Waals surface area contributed by atoms with Crippen LogP contribution in [0.5, 0.6) is 0 Å². The predicted octanol–water partition coefficient (Wildman–Crippen LogP) is 3.76. The number of hydrogen-bond acceptors (Lipinski definition) is 3. The number of carbonyl (C=O) groups excluding carboxylic acids is 1. The van der Waals surface area contributed by atoms with Gasteiger partial charge in [0, 0.05) is 28.1 Å². The molecular weight excluding hydrogens is 408 g/mol. The molecule has 1 aromatic rings. The molecule has 2 bridgehead atoms. The minimum atomic E-state index is -0.292. The van der Waals surface area contributed by atoms with Gasteiger partial charge in [0.05, 0.1) is 19.7 Å². The maximum Gasteiger partial charge on any atom is 0.310 e. The summed E-state index contributed by atoms with van der Waals surface area (Å²) >= 11 is 2.30. The van der Waals surface area contributed by atoms with Gasteiger partial charge in [-0.2, -0.15) is 0 Å². The summed E-state index contributed by atoms with van der Waals surface area (Å²) in [4.78, 5) is 14.9. The van der Waals surface area contributed by atoms with Crippen molar-refractivity contribution >= 4 is 28.6 Å². The Balaban J connectivity index is 1.88. The van der Waals surface area contributed by atoms with Gasteiger partial charge in [-0.25, -0.2) is 0 Å². The van der Waals surface area contributed by atoms with E-state index in [1.54, 1.807) is 0 Å². The zero-order valence-corrected chi connectivity index (χ0v) is 15.5. The molecule has 1 aromatic carbocycles. The topological polar surface area (TPSA) is 29.5 Å². The van der Waals surface area contributed by atoms with Crippen LogP contribution in [0.4, 0.5) is 4.39 Å². The minimum Gasteiger partial charge on any atom is -0.469 e. The van der Waals surface area contributed by atoms with Crippen molar-refractivity contribution in [2.24, 2.45) is 5.92 Å². The summed E-state index contributed by atoms with van der Waals surface area (Å²) in [5.74, 6) is -0.0545. The van der Waals surface area contributed by atoms with E-state index in [-0.39, 0.29) is 30.5 Å². The Kier molecular flexibility index (Phi) is 5.57. The normalized spacial score (nSPS) is 30.4. The smallest absolute Gasteiger partial charge is 0.310 e. The molecule has 0 N–H and O–H groups in total. The summed E-state index contributed by atoms with van der Waals surface area (Å²) in [6.07, 6.45) is 3.63. The van der Waals surface area contributed by atoms with Crippen LogP contribution in [0, 0.1) is 9.49 Å². The van der Waals surface area contributed by atoms with Crippen LogP contribution in [0.2, 0.25) is 0 Å². The molecule has 0 unspecified atom stereocenters. The first-order valence-corrected chi connectivity index (χ1v) is 9.38. The van der Waals surface area contributed by atoms with Gasteiger partial charge in [0.2, 0.25) is 0 Å². The number of ether oxygens (including phenoxy) is 1. The number of nitrogens with zero attached hydrogens (tertiary/aromatic N) is 1. The lowest BCUT2D eigenvalue weighted by atomic mass is 9.76. The second-order valence-corrected chi connectivity index (χ2v) is 7.77. The SMILES string of the molecule is COC(=O)[C@H]1[C@@H](c2ccc(I)cc2)C[C@H]2CC[C@H]1N2CCCF. The van der Waals surface area contributed by atoms with E-state index in [0.717, 1.165) is 25.8 Å².